The third-order valence-electron chi connectivity index (χ3n) is 6.41. The SMILES string of the molecule is O=C(Nc1cc(C(=O)N2C[C@H](O)[C@@H](N3CCCC3)C2)cc(C(F)(F)F)c1)C1CCC1. The van der Waals surface area contributed by atoms with Crippen LogP contribution in [0.25, 0.3) is 0 Å². The van der Waals surface area contributed by atoms with E-state index in [2.05, 4.69) is 10.2 Å². The second-order valence-electron chi connectivity index (χ2n) is 8.50. The van der Waals surface area contributed by atoms with E-state index in [0.29, 0.717) is 0 Å². The number of rotatable bonds is 4. The Labute approximate surface area is 173 Å². The second-order valence-corrected chi connectivity index (χ2v) is 8.50. The fourth-order valence-corrected chi connectivity index (χ4v) is 4.45. The number of aliphatic hydroxyl groups is 1. The summed E-state index contributed by atoms with van der Waals surface area (Å²) in [4.78, 5) is 28.7. The van der Waals surface area contributed by atoms with Gasteiger partial charge in [-0.1, -0.05) is 6.42 Å². The molecule has 1 aromatic carbocycles. The maximum atomic E-state index is 13.4. The molecule has 0 radical (unpaired) electrons. The molecular weight excluding hydrogens is 399 g/mol. The predicted molar refractivity (Wildman–Crippen MR) is 104 cm³/mol. The van der Waals surface area contributed by atoms with Crippen LogP contribution in [-0.4, -0.2) is 65.0 Å². The molecule has 2 heterocycles. The molecule has 2 saturated heterocycles. The highest BCUT2D eigenvalue weighted by molar-refractivity contribution is 5.98. The summed E-state index contributed by atoms with van der Waals surface area (Å²) in [5, 5.41) is 12.9. The first kappa shape index (κ1) is 21.1. The molecule has 0 bridgehead atoms. The van der Waals surface area contributed by atoms with Gasteiger partial charge in [0, 0.05) is 30.3 Å². The Bertz CT molecular complexity index is 819. The van der Waals surface area contributed by atoms with Crippen LogP contribution in [-0.2, 0) is 11.0 Å². The first-order chi connectivity index (χ1) is 14.2. The smallest absolute Gasteiger partial charge is 0.390 e. The van der Waals surface area contributed by atoms with Gasteiger partial charge in [0.15, 0.2) is 0 Å². The average Bonchev–Trinajstić information content (AvgIpc) is 3.27. The summed E-state index contributed by atoms with van der Waals surface area (Å²) >= 11 is 0. The zero-order chi connectivity index (χ0) is 21.5. The van der Waals surface area contributed by atoms with E-state index in [9.17, 15) is 27.9 Å². The summed E-state index contributed by atoms with van der Waals surface area (Å²) in [6, 6.07) is 2.78. The Kier molecular flexibility index (Phi) is 5.76. The van der Waals surface area contributed by atoms with Crippen molar-refractivity contribution in [1.82, 2.24) is 9.80 Å². The molecule has 0 aromatic heterocycles. The highest BCUT2D eigenvalue weighted by Crippen LogP contribution is 2.34. The summed E-state index contributed by atoms with van der Waals surface area (Å²) in [5.41, 5.74) is -1.14. The van der Waals surface area contributed by atoms with Gasteiger partial charge in [0.2, 0.25) is 5.91 Å². The van der Waals surface area contributed by atoms with E-state index >= 15 is 0 Å². The maximum Gasteiger partial charge on any atom is 0.416 e. The second kappa shape index (κ2) is 8.19. The molecule has 6 nitrogen and oxygen atoms in total. The minimum Gasteiger partial charge on any atom is -0.390 e. The van der Waals surface area contributed by atoms with E-state index in [1.165, 1.54) is 11.0 Å². The third kappa shape index (κ3) is 4.32. The quantitative estimate of drug-likeness (QED) is 0.778. The van der Waals surface area contributed by atoms with Crippen LogP contribution in [0.2, 0.25) is 0 Å². The maximum absolute atomic E-state index is 13.4. The Morgan fingerprint density at radius 3 is 2.33 bits per heavy atom. The molecule has 4 rings (SSSR count). The number of nitrogens with one attached hydrogen (secondary N) is 1. The molecule has 164 valence electrons. The van der Waals surface area contributed by atoms with Crippen molar-refractivity contribution in [1.29, 1.82) is 0 Å². The number of alkyl halides is 3. The highest BCUT2D eigenvalue weighted by Gasteiger charge is 2.39. The minimum atomic E-state index is -4.64. The van der Waals surface area contributed by atoms with E-state index in [4.69, 9.17) is 0 Å². The van der Waals surface area contributed by atoms with E-state index in [1.807, 2.05) is 0 Å². The first-order valence-electron chi connectivity index (χ1n) is 10.5. The fourth-order valence-electron chi connectivity index (χ4n) is 4.45. The van der Waals surface area contributed by atoms with Crippen molar-refractivity contribution in [3.05, 3.63) is 29.3 Å². The molecule has 30 heavy (non-hydrogen) atoms. The van der Waals surface area contributed by atoms with Crippen molar-refractivity contribution in [3.63, 3.8) is 0 Å². The van der Waals surface area contributed by atoms with Gasteiger partial charge in [0.05, 0.1) is 17.7 Å². The topological polar surface area (TPSA) is 72.9 Å². The number of benzene rings is 1. The van der Waals surface area contributed by atoms with Crippen LogP contribution in [0.1, 0.15) is 48.0 Å². The van der Waals surface area contributed by atoms with Crippen LogP contribution in [0.4, 0.5) is 18.9 Å². The Balaban J connectivity index is 1.55. The van der Waals surface area contributed by atoms with Crippen LogP contribution in [0.3, 0.4) is 0 Å². The normalized spacial score (nSPS) is 25.4. The molecule has 0 unspecified atom stereocenters. The number of carbonyl (C=O) groups excluding carboxylic acids is 2. The van der Waals surface area contributed by atoms with Crippen molar-refractivity contribution in [2.24, 2.45) is 5.92 Å². The lowest BCUT2D eigenvalue weighted by Gasteiger charge is -2.25. The largest absolute Gasteiger partial charge is 0.416 e. The zero-order valence-corrected chi connectivity index (χ0v) is 16.6. The minimum absolute atomic E-state index is 0.0269. The van der Waals surface area contributed by atoms with E-state index < -0.39 is 23.8 Å². The third-order valence-corrected chi connectivity index (χ3v) is 6.41. The lowest BCUT2D eigenvalue weighted by atomic mass is 9.85. The fraction of sp³-hybridized carbons (Fsp3) is 0.619. The van der Waals surface area contributed by atoms with E-state index in [0.717, 1.165) is 57.3 Å². The number of likely N-dealkylation sites (tertiary alicyclic amines) is 2. The Hall–Kier alpha value is -2.13. The number of nitrogens with zero attached hydrogens (tertiary/aromatic N) is 2. The summed E-state index contributed by atoms with van der Waals surface area (Å²) in [5.74, 6) is -1.07. The van der Waals surface area contributed by atoms with E-state index in [1.54, 1.807) is 0 Å². The summed E-state index contributed by atoms with van der Waals surface area (Å²) in [7, 11) is 0. The van der Waals surface area contributed by atoms with Gasteiger partial charge < -0.3 is 15.3 Å². The molecule has 2 aliphatic heterocycles. The molecule has 2 N–H and O–H groups in total. The summed E-state index contributed by atoms with van der Waals surface area (Å²) in [6.45, 7) is 2.06. The van der Waals surface area contributed by atoms with Crippen molar-refractivity contribution in [2.45, 2.75) is 50.4 Å². The summed E-state index contributed by atoms with van der Waals surface area (Å²) in [6.07, 6.45) is -0.922. The van der Waals surface area contributed by atoms with Gasteiger partial charge in [0.25, 0.3) is 5.91 Å². The number of amides is 2. The van der Waals surface area contributed by atoms with Gasteiger partial charge in [-0.2, -0.15) is 13.2 Å². The molecule has 1 aromatic rings. The van der Waals surface area contributed by atoms with Crippen LogP contribution in [0.5, 0.6) is 0 Å². The van der Waals surface area contributed by atoms with Crippen LogP contribution in [0, 0.1) is 5.92 Å². The highest BCUT2D eigenvalue weighted by atomic mass is 19.4. The first-order valence-corrected chi connectivity index (χ1v) is 10.5. The van der Waals surface area contributed by atoms with Gasteiger partial charge in [-0.25, -0.2) is 0 Å². The number of aliphatic hydroxyl groups excluding tert-OH is 1. The van der Waals surface area contributed by atoms with Crippen LogP contribution in [0.15, 0.2) is 18.2 Å². The molecule has 0 spiro atoms. The van der Waals surface area contributed by atoms with E-state index in [-0.39, 0.29) is 42.2 Å². The number of halogens is 3. The zero-order valence-electron chi connectivity index (χ0n) is 16.6. The van der Waals surface area contributed by atoms with Crippen molar-refractivity contribution in [3.8, 4) is 0 Å². The monoisotopic (exact) mass is 425 g/mol. The molecule has 3 fully saturated rings. The molecular formula is C21H26F3N3O3. The molecule has 2 amide bonds. The Morgan fingerprint density at radius 2 is 1.73 bits per heavy atom. The van der Waals surface area contributed by atoms with Crippen LogP contribution < -0.4 is 5.32 Å². The molecule has 1 saturated carbocycles. The molecule has 2 atom stereocenters. The predicted octanol–water partition coefficient (Wildman–Crippen LogP) is 2.73. The molecule has 9 heteroatoms. The van der Waals surface area contributed by atoms with Crippen molar-refractivity contribution < 1.29 is 27.9 Å². The van der Waals surface area contributed by atoms with Gasteiger partial charge in [-0.05, 0) is 57.0 Å². The number of β-amino-alcohol motifs (C(OH)–C–C–N with tert-alkyl or cyclic N) is 1. The number of anilines is 1. The standard InChI is InChI=1S/C21H26F3N3O3/c22-21(23,24)15-8-14(9-16(10-15)25-19(29)13-4-3-5-13)20(30)27-11-17(18(28)12-27)26-6-1-2-7-26/h8-10,13,17-18,28H,1-7,11-12H2,(H,25,29)/t17-,18-/m0/s1. The van der Waals surface area contributed by atoms with Crippen LogP contribution >= 0.6 is 0 Å². The number of carbonyl (C=O) groups is 2. The van der Waals surface area contributed by atoms with Gasteiger partial charge in [-0.3, -0.25) is 14.5 Å². The van der Waals surface area contributed by atoms with Gasteiger partial charge >= 0.3 is 6.18 Å². The lowest BCUT2D eigenvalue weighted by molar-refractivity contribution is -0.137. The Morgan fingerprint density at radius 1 is 1.03 bits per heavy atom. The van der Waals surface area contributed by atoms with Gasteiger partial charge in [-0.15, -0.1) is 0 Å². The molecule has 3 aliphatic rings. The lowest BCUT2D eigenvalue weighted by Crippen LogP contribution is -2.41. The van der Waals surface area contributed by atoms with Crippen molar-refractivity contribution in [2.75, 3.05) is 31.5 Å². The average molecular weight is 425 g/mol. The summed E-state index contributed by atoms with van der Waals surface area (Å²) < 4.78 is 40.2. The van der Waals surface area contributed by atoms with Gasteiger partial charge in [0.1, 0.15) is 0 Å². The van der Waals surface area contributed by atoms with Crippen molar-refractivity contribution >= 4 is 17.5 Å². The number of hydrogen-bond donors (Lipinski definition) is 2. The number of hydrogen-bond acceptors (Lipinski definition) is 4. The molecule has 1 aliphatic carbocycles.